The fourth-order valence-electron chi connectivity index (χ4n) is 3.66. The molecule has 0 bridgehead atoms. The first-order chi connectivity index (χ1) is 17.0. The van der Waals surface area contributed by atoms with Crippen LogP contribution in [0.5, 0.6) is 23.0 Å². The van der Waals surface area contributed by atoms with Crippen LogP contribution in [0.2, 0.25) is 0 Å². The van der Waals surface area contributed by atoms with E-state index in [1.807, 2.05) is 0 Å². The van der Waals surface area contributed by atoms with Gasteiger partial charge in [-0.3, -0.25) is 9.59 Å². The van der Waals surface area contributed by atoms with E-state index < -0.39 is 11.8 Å². The van der Waals surface area contributed by atoms with Crippen molar-refractivity contribution in [3.8, 4) is 23.0 Å². The fourth-order valence-corrected chi connectivity index (χ4v) is 3.66. The number of nitrogens with one attached hydrogen (secondary N) is 2. The molecule has 4 rings (SSSR count). The second-order valence-corrected chi connectivity index (χ2v) is 7.32. The van der Waals surface area contributed by atoms with Crippen molar-refractivity contribution in [1.82, 2.24) is 0 Å². The number of hydrogen-bond donors (Lipinski definition) is 2. The second kappa shape index (κ2) is 10.1. The molecule has 2 N–H and O–H groups in total. The molecule has 180 valence electrons. The van der Waals surface area contributed by atoms with Gasteiger partial charge in [-0.15, -0.1) is 0 Å². The van der Waals surface area contributed by atoms with Crippen LogP contribution in [-0.2, 0) is 0 Å². The molecule has 0 fully saturated rings. The summed E-state index contributed by atoms with van der Waals surface area (Å²) < 4.78 is 27.1. The number of carbonyl (C=O) groups excluding carboxylic acids is 2. The summed E-state index contributed by atoms with van der Waals surface area (Å²) in [5.41, 5.74) is 1.30. The minimum atomic E-state index is -0.572. The molecule has 0 radical (unpaired) electrons. The number of rotatable bonds is 8. The first kappa shape index (κ1) is 23.5. The Balaban J connectivity index is 1.72. The van der Waals surface area contributed by atoms with Gasteiger partial charge in [-0.25, -0.2) is 0 Å². The highest BCUT2D eigenvalue weighted by molar-refractivity contribution is 6.17. The van der Waals surface area contributed by atoms with E-state index in [0.29, 0.717) is 33.9 Å². The lowest BCUT2D eigenvalue weighted by molar-refractivity contribution is 0.0999. The van der Waals surface area contributed by atoms with Crippen LogP contribution in [0, 0.1) is 0 Å². The predicted molar refractivity (Wildman–Crippen MR) is 131 cm³/mol. The van der Waals surface area contributed by atoms with Crippen LogP contribution in [0.4, 0.5) is 11.4 Å². The smallest absolute Gasteiger partial charge is 0.293 e. The summed E-state index contributed by atoms with van der Waals surface area (Å²) in [6.45, 7) is 0. The third-order valence-corrected chi connectivity index (χ3v) is 5.34. The van der Waals surface area contributed by atoms with Gasteiger partial charge in [-0.2, -0.15) is 0 Å². The molecule has 9 nitrogen and oxygen atoms in total. The van der Waals surface area contributed by atoms with Crippen molar-refractivity contribution in [3.05, 3.63) is 72.0 Å². The van der Waals surface area contributed by atoms with Crippen LogP contribution >= 0.6 is 0 Å². The summed E-state index contributed by atoms with van der Waals surface area (Å²) in [6.07, 6.45) is 0. The van der Waals surface area contributed by atoms with Crippen LogP contribution in [0.25, 0.3) is 11.0 Å². The summed E-state index contributed by atoms with van der Waals surface area (Å²) in [5, 5.41) is 6.15. The minimum Gasteiger partial charge on any atom is -0.497 e. The van der Waals surface area contributed by atoms with E-state index >= 15 is 0 Å². The largest absolute Gasteiger partial charge is 0.497 e. The number of methoxy groups -OCH3 is 4. The third kappa shape index (κ3) is 4.56. The average molecular weight is 476 g/mol. The van der Waals surface area contributed by atoms with E-state index in [1.54, 1.807) is 60.7 Å². The van der Waals surface area contributed by atoms with Crippen LogP contribution in [0.15, 0.2) is 65.1 Å². The second-order valence-electron chi connectivity index (χ2n) is 7.32. The van der Waals surface area contributed by atoms with Crippen LogP contribution in [-0.4, -0.2) is 40.3 Å². The van der Waals surface area contributed by atoms with Crippen LogP contribution in [0.1, 0.15) is 20.9 Å². The van der Waals surface area contributed by atoms with E-state index in [0.717, 1.165) is 0 Å². The maximum absolute atomic E-state index is 13.3. The predicted octanol–water partition coefficient (Wildman–Crippen LogP) is 4.97. The number of anilines is 2. The van der Waals surface area contributed by atoms with Crippen molar-refractivity contribution in [2.75, 3.05) is 39.1 Å². The molecule has 0 spiro atoms. The Morgan fingerprint density at radius 1 is 0.743 bits per heavy atom. The van der Waals surface area contributed by atoms with Crippen molar-refractivity contribution >= 4 is 34.2 Å². The highest BCUT2D eigenvalue weighted by Crippen LogP contribution is 2.36. The lowest BCUT2D eigenvalue weighted by Crippen LogP contribution is -2.18. The van der Waals surface area contributed by atoms with Gasteiger partial charge in [0.15, 0.2) is 11.5 Å². The summed E-state index contributed by atoms with van der Waals surface area (Å²) in [6, 6.07) is 17.0. The lowest BCUT2D eigenvalue weighted by Gasteiger charge is -2.13. The molecule has 3 aromatic carbocycles. The fraction of sp³-hybridized carbons (Fsp3) is 0.154. The van der Waals surface area contributed by atoms with Gasteiger partial charge in [0.05, 0.1) is 39.7 Å². The van der Waals surface area contributed by atoms with Gasteiger partial charge in [0.2, 0.25) is 5.76 Å². The Morgan fingerprint density at radius 2 is 1.51 bits per heavy atom. The summed E-state index contributed by atoms with van der Waals surface area (Å²) in [7, 11) is 5.95. The molecule has 0 aliphatic carbocycles. The number of ether oxygens (including phenoxy) is 4. The molecule has 0 aliphatic rings. The van der Waals surface area contributed by atoms with Crippen molar-refractivity contribution in [3.63, 3.8) is 0 Å². The molecular formula is C26H24N2O7. The van der Waals surface area contributed by atoms with Gasteiger partial charge in [-0.1, -0.05) is 18.2 Å². The van der Waals surface area contributed by atoms with Gasteiger partial charge >= 0.3 is 0 Å². The Kier molecular flexibility index (Phi) is 6.77. The molecule has 1 aromatic heterocycles. The molecule has 35 heavy (non-hydrogen) atoms. The molecule has 0 aliphatic heterocycles. The molecule has 0 unspecified atom stereocenters. The average Bonchev–Trinajstić information content (AvgIpc) is 3.26. The molecule has 1 heterocycles. The maximum Gasteiger partial charge on any atom is 0.293 e. The zero-order valence-electron chi connectivity index (χ0n) is 19.6. The number of amides is 2. The number of fused-ring (bicyclic) bond motifs is 1. The quantitative estimate of drug-likeness (QED) is 0.370. The van der Waals surface area contributed by atoms with E-state index in [9.17, 15) is 9.59 Å². The number of benzene rings is 3. The Morgan fingerprint density at radius 3 is 2.23 bits per heavy atom. The Labute approximate surface area is 201 Å². The molecule has 0 saturated carbocycles. The van der Waals surface area contributed by atoms with Gasteiger partial charge in [-0.05, 0) is 36.4 Å². The first-order valence-electron chi connectivity index (χ1n) is 10.6. The first-order valence-corrected chi connectivity index (χ1v) is 10.6. The summed E-state index contributed by atoms with van der Waals surface area (Å²) in [5.74, 6) is 0.514. The highest BCUT2D eigenvalue weighted by Gasteiger charge is 2.25. The zero-order chi connectivity index (χ0) is 24.9. The normalized spacial score (nSPS) is 10.5. The highest BCUT2D eigenvalue weighted by atomic mass is 16.5. The van der Waals surface area contributed by atoms with E-state index in [2.05, 4.69) is 10.6 Å². The molecule has 0 saturated heterocycles. The lowest BCUT2D eigenvalue weighted by atomic mass is 10.1. The van der Waals surface area contributed by atoms with E-state index in [-0.39, 0.29) is 22.8 Å². The number of furan rings is 1. The van der Waals surface area contributed by atoms with Crippen molar-refractivity contribution in [2.24, 2.45) is 0 Å². The maximum atomic E-state index is 13.3. The third-order valence-electron chi connectivity index (χ3n) is 5.34. The van der Waals surface area contributed by atoms with Gasteiger partial charge in [0.25, 0.3) is 11.8 Å². The Hall–Kier alpha value is -4.66. The topological polar surface area (TPSA) is 108 Å². The molecule has 2 amide bonds. The van der Waals surface area contributed by atoms with Crippen molar-refractivity contribution in [1.29, 1.82) is 0 Å². The van der Waals surface area contributed by atoms with Crippen LogP contribution < -0.4 is 29.6 Å². The minimum absolute atomic E-state index is 0.0701. The standard InChI is InChI=1S/C26H24N2O7/c1-31-15-12-13-18(21(14-15)33-3)27-26(30)24-22(16-8-5-6-10-19(16)35-24)28-25(29)17-9-7-11-20(32-2)23(17)34-4/h5-14H,1-4H3,(H,27,30)(H,28,29). The number of hydrogen-bond acceptors (Lipinski definition) is 7. The number of carbonyl (C=O) groups is 2. The molecule has 0 atom stereocenters. The van der Waals surface area contributed by atoms with Crippen molar-refractivity contribution in [2.45, 2.75) is 0 Å². The van der Waals surface area contributed by atoms with Gasteiger partial charge in [0.1, 0.15) is 22.8 Å². The zero-order valence-corrected chi connectivity index (χ0v) is 19.6. The molecule has 4 aromatic rings. The van der Waals surface area contributed by atoms with E-state index in [4.69, 9.17) is 23.4 Å². The Bertz CT molecular complexity index is 1390. The SMILES string of the molecule is COc1ccc(NC(=O)c2oc3ccccc3c2NC(=O)c2cccc(OC)c2OC)c(OC)c1. The number of para-hydroxylation sites is 2. The van der Waals surface area contributed by atoms with E-state index in [1.165, 1.54) is 28.4 Å². The summed E-state index contributed by atoms with van der Waals surface area (Å²) >= 11 is 0. The molecular weight excluding hydrogens is 452 g/mol. The molecule has 9 heteroatoms. The van der Waals surface area contributed by atoms with Gasteiger partial charge in [0, 0.05) is 11.5 Å². The van der Waals surface area contributed by atoms with Crippen molar-refractivity contribution < 1.29 is 33.0 Å². The monoisotopic (exact) mass is 476 g/mol. The van der Waals surface area contributed by atoms with Gasteiger partial charge < -0.3 is 34.0 Å². The van der Waals surface area contributed by atoms with Crippen LogP contribution in [0.3, 0.4) is 0 Å². The summed E-state index contributed by atoms with van der Waals surface area (Å²) in [4.78, 5) is 26.5.